The lowest BCUT2D eigenvalue weighted by Crippen LogP contribution is -2.12. The number of primary amides is 1. The van der Waals surface area contributed by atoms with E-state index in [9.17, 15) is 18.0 Å². The zero-order valence-corrected chi connectivity index (χ0v) is 13.7. The molecule has 0 saturated heterocycles. The van der Waals surface area contributed by atoms with Crippen LogP contribution in [0, 0.1) is 6.92 Å². The van der Waals surface area contributed by atoms with Crippen LogP contribution >= 0.6 is 0 Å². The fourth-order valence-electron chi connectivity index (χ4n) is 2.22. The molecule has 0 bridgehead atoms. The molecule has 0 aliphatic carbocycles. The fourth-order valence-corrected chi connectivity index (χ4v) is 2.22. The van der Waals surface area contributed by atoms with Gasteiger partial charge in [-0.2, -0.15) is 23.1 Å². The summed E-state index contributed by atoms with van der Waals surface area (Å²) in [5.41, 5.74) is 12.5. The Balaban J connectivity index is 1.84. The summed E-state index contributed by atoms with van der Waals surface area (Å²) in [7, 11) is 0. The highest BCUT2D eigenvalue weighted by atomic mass is 19.4. The van der Waals surface area contributed by atoms with Crippen molar-refractivity contribution in [2.45, 2.75) is 13.1 Å². The molecule has 1 aromatic carbocycles. The molecule has 2 heterocycles. The fraction of sp³-hybridized carbons (Fsp3) is 0.133. The molecule has 0 unspecified atom stereocenters. The number of carbonyl (C=O) groups is 1. The maximum absolute atomic E-state index is 12.5. The van der Waals surface area contributed by atoms with E-state index in [1.165, 1.54) is 6.07 Å². The van der Waals surface area contributed by atoms with Crippen LogP contribution in [0.3, 0.4) is 0 Å². The first-order chi connectivity index (χ1) is 12.6. The number of hydrogen-bond acceptors (Lipinski definition) is 8. The summed E-state index contributed by atoms with van der Waals surface area (Å²) in [5.74, 6) is -2.51. The zero-order valence-electron chi connectivity index (χ0n) is 13.7. The Hall–Kier alpha value is -3.70. The van der Waals surface area contributed by atoms with E-state index in [4.69, 9.17) is 11.5 Å². The lowest BCUT2D eigenvalue weighted by atomic mass is 10.1. The van der Waals surface area contributed by atoms with Crippen molar-refractivity contribution >= 4 is 23.4 Å². The molecule has 1 amide bonds. The number of anilines is 3. The van der Waals surface area contributed by atoms with E-state index < -0.39 is 23.8 Å². The summed E-state index contributed by atoms with van der Waals surface area (Å²) < 4.78 is 42.2. The number of nitrogen functional groups attached to an aromatic ring is 1. The van der Waals surface area contributed by atoms with E-state index in [1.54, 1.807) is 19.1 Å². The van der Waals surface area contributed by atoms with Gasteiger partial charge in [0.25, 0.3) is 11.7 Å². The van der Waals surface area contributed by atoms with Crippen molar-refractivity contribution < 1.29 is 22.5 Å². The summed E-state index contributed by atoms with van der Waals surface area (Å²) in [4.78, 5) is 22.4. The molecule has 0 radical (unpaired) electrons. The third kappa shape index (κ3) is 3.78. The van der Waals surface area contributed by atoms with Crippen LogP contribution in [0.15, 0.2) is 28.9 Å². The highest BCUT2D eigenvalue weighted by Gasteiger charge is 2.37. The minimum atomic E-state index is -4.74. The molecule has 0 spiro atoms. The SMILES string of the molecule is Cc1cc(Nc2ncc(-c3nc(C(F)(F)F)no3)c(N)n2)ccc1C(N)=O. The zero-order chi connectivity index (χ0) is 19.8. The van der Waals surface area contributed by atoms with Gasteiger partial charge in [-0.3, -0.25) is 4.79 Å². The second kappa shape index (κ2) is 6.55. The Kier molecular flexibility index (Phi) is 4.39. The van der Waals surface area contributed by atoms with Gasteiger partial charge < -0.3 is 21.3 Å². The summed E-state index contributed by atoms with van der Waals surface area (Å²) in [6.07, 6.45) is -3.59. The molecule has 0 fully saturated rings. The van der Waals surface area contributed by atoms with Gasteiger partial charge in [0.15, 0.2) is 0 Å². The van der Waals surface area contributed by atoms with Gasteiger partial charge in [-0.15, -0.1) is 0 Å². The minimum absolute atomic E-state index is 0.0381. The number of rotatable bonds is 4. The molecule has 27 heavy (non-hydrogen) atoms. The number of aromatic nitrogens is 4. The molecular formula is C15H12F3N7O2. The highest BCUT2D eigenvalue weighted by molar-refractivity contribution is 5.94. The monoisotopic (exact) mass is 379 g/mol. The smallest absolute Gasteiger partial charge is 0.383 e. The van der Waals surface area contributed by atoms with Gasteiger partial charge in [0.05, 0.1) is 0 Å². The number of carbonyl (C=O) groups excluding carboxylic acids is 1. The van der Waals surface area contributed by atoms with Crippen molar-refractivity contribution in [3.63, 3.8) is 0 Å². The normalized spacial score (nSPS) is 11.4. The standard InChI is InChI=1S/C15H12F3N7O2/c1-6-4-7(2-3-8(6)11(20)26)22-14-21-5-9(10(19)23-14)12-24-13(25-27-12)15(16,17)18/h2-5H,1H3,(H2,20,26)(H3,19,21,22,23). The van der Waals surface area contributed by atoms with Crippen LogP contribution in [0.1, 0.15) is 21.7 Å². The number of aryl methyl sites for hydroxylation is 1. The molecule has 5 N–H and O–H groups in total. The van der Waals surface area contributed by atoms with Crippen molar-refractivity contribution in [2.75, 3.05) is 11.1 Å². The van der Waals surface area contributed by atoms with Gasteiger partial charge in [0.1, 0.15) is 11.4 Å². The van der Waals surface area contributed by atoms with E-state index in [0.717, 1.165) is 6.20 Å². The minimum Gasteiger partial charge on any atom is -0.383 e. The second-order valence-corrected chi connectivity index (χ2v) is 5.43. The molecule has 9 nitrogen and oxygen atoms in total. The van der Waals surface area contributed by atoms with Gasteiger partial charge in [-0.05, 0) is 30.7 Å². The number of nitrogens with one attached hydrogen (secondary N) is 1. The summed E-state index contributed by atoms with van der Waals surface area (Å²) in [6.45, 7) is 1.71. The molecule has 0 saturated carbocycles. The van der Waals surface area contributed by atoms with Crippen LogP contribution in [-0.4, -0.2) is 26.0 Å². The number of benzene rings is 1. The lowest BCUT2D eigenvalue weighted by molar-refractivity contribution is -0.146. The number of nitrogens with two attached hydrogens (primary N) is 2. The first-order valence-electron chi connectivity index (χ1n) is 7.36. The van der Waals surface area contributed by atoms with Crippen molar-refractivity contribution in [2.24, 2.45) is 5.73 Å². The molecule has 12 heteroatoms. The Morgan fingerprint density at radius 3 is 2.56 bits per heavy atom. The summed E-state index contributed by atoms with van der Waals surface area (Å²) in [5, 5.41) is 5.71. The van der Waals surface area contributed by atoms with E-state index in [2.05, 4.69) is 29.9 Å². The van der Waals surface area contributed by atoms with Gasteiger partial charge >= 0.3 is 6.18 Å². The maximum Gasteiger partial charge on any atom is 0.455 e. The third-order valence-electron chi connectivity index (χ3n) is 3.48. The van der Waals surface area contributed by atoms with E-state index in [-0.39, 0.29) is 17.3 Å². The Morgan fingerprint density at radius 2 is 2.00 bits per heavy atom. The van der Waals surface area contributed by atoms with E-state index in [0.29, 0.717) is 16.8 Å². The average Bonchev–Trinajstić information content (AvgIpc) is 3.04. The second-order valence-electron chi connectivity index (χ2n) is 5.43. The Bertz CT molecular complexity index is 1020. The van der Waals surface area contributed by atoms with Crippen LogP contribution in [0.25, 0.3) is 11.5 Å². The predicted molar refractivity (Wildman–Crippen MR) is 87.7 cm³/mol. The van der Waals surface area contributed by atoms with Crippen LogP contribution in [0.4, 0.5) is 30.6 Å². The molecule has 3 rings (SSSR count). The van der Waals surface area contributed by atoms with Crippen molar-refractivity contribution in [1.82, 2.24) is 20.1 Å². The van der Waals surface area contributed by atoms with Crippen LogP contribution < -0.4 is 16.8 Å². The van der Waals surface area contributed by atoms with Gasteiger partial charge in [-0.25, -0.2) is 4.98 Å². The van der Waals surface area contributed by atoms with Crippen LogP contribution in [0.2, 0.25) is 0 Å². The number of amides is 1. The quantitative estimate of drug-likeness (QED) is 0.626. The Morgan fingerprint density at radius 1 is 1.26 bits per heavy atom. The van der Waals surface area contributed by atoms with Crippen molar-refractivity contribution in [3.8, 4) is 11.5 Å². The molecular weight excluding hydrogens is 367 g/mol. The average molecular weight is 379 g/mol. The number of alkyl halides is 3. The number of nitrogens with zero attached hydrogens (tertiary/aromatic N) is 4. The largest absolute Gasteiger partial charge is 0.455 e. The molecule has 0 atom stereocenters. The highest BCUT2D eigenvalue weighted by Crippen LogP contribution is 2.30. The van der Waals surface area contributed by atoms with Crippen LogP contribution in [-0.2, 0) is 6.18 Å². The van der Waals surface area contributed by atoms with Gasteiger partial charge in [0.2, 0.25) is 11.9 Å². The number of halogens is 3. The first-order valence-corrected chi connectivity index (χ1v) is 7.36. The lowest BCUT2D eigenvalue weighted by Gasteiger charge is -2.09. The molecule has 3 aromatic rings. The molecule has 0 aliphatic heterocycles. The number of hydrogen-bond donors (Lipinski definition) is 3. The molecule has 0 aliphatic rings. The van der Waals surface area contributed by atoms with E-state index in [1.807, 2.05) is 0 Å². The third-order valence-corrected chi connectivity index (χ3v) is 3.48. The molecule has 140 valence electrons. The van der Waals surface area contributed by atoms with Crippen LogP contribution in [0.5, 0.6) is 0 Å². The topological polar surface area (TPSA) is 146 Å². The molecule has 2 aromatic heterocycles. The van der Waals surface area contributed by atoms with Crippen molar-refractivity contribution in [1.29, 1.82) is 0 Å². The van der Waals surface area contributed by atoms with E-state index >= 15 is 0 Å². The summed E-state index contributed by atoms with van der Waals surface area (Å²) in [6, 6.07) is 4.78. The predicted octanol–water partition coefficient (Wildman–Crippen LogP) is 2.28. The van der Waals surface area contributed by atoms with Gasteiger partial charge in [0, 0.05) is 17.4 Å². The first kappa shape index (κ1) is 18.1. The van der Waals surface area contributed by atoms with Crippen molar-refractivity contribution in [3.05, 3.63) is 41.3 Å². The van der Waals surface area contributed by atoms with Gasteiger partial charge in [-0.1, -0.05) is 5.16 Å². The Labute approximate surface area is 149 Å². The summed E-state index contributed by atoms with van der Waals surface area (Å²) >= 11 is 0. The maximum atomic E-state index is 12.5.